The van der Waals surface area contributed by atoms with Crippen molar-refractivity contribution in [3.05, 3.63) is 72.6 Å². The predicted molar refractivity (Wildman–Crippen MR) is 85.5 cm³/mol. The van der Waals surface area contributed by atoms with Crippen LogP contribution in [0.25, 0.3) is 0 Å². The number of hydrogen-bond acceptors (Lipinski definition) is 5. The maximum Gasteiger partial charge on any atom is 0.293 e. The average Bonchev–Trinajstić information content (AvgIpc) is 2.59. The van der Waals surface area contributed by atoms with Crippen LogP contribution in [0, 0.1) is 6.92 Å². The normalized spacial score (nSPS) is 10.1. The van der Waals surface area contributed by atoms with Gasteiger partial charge in [0.05, 0.1) is 6.20 Å². The number of ether oxygens (including phenoxy) is 1. The summed E-state index contributed by atoms with van der Waals surface area (Å²) in [5.74, 6) is 1.13. The minimum Gasteiger partial charge on any atom is -0.455 e. The number of amides is 1. The molecule has 0 saturated carbocycles. The summed E-state index contributed by atoms with van der Waals surface area (Å²) in [5.41, 5.74) is 1.54. The highest BCUT2D eigenvalue weighted by Gasteiger charge is 2.10. The number of nitrogens with zero attached hydrogens (tertiary/aromatic N) is 3. The van der Waals surface area contributed by atoms with E-state index in [1.165, 1.54) is 12.4 Å². The van der Waals surface area contributed by atoms with Crippen LogP contribution in [-0.4, -0.2) is 20.9 Å². The summed E-state index contributed by atoms with van der Waals surface area (Å²) >= 11 is 0. The summed E-state index contributed by atoms with van der Waals surface area (Å²) in [7, 11) is 0. The van der Waals surface area contributed by atoms with Crippen LogP contribution in [-0.2, 0) is 0 Å². The summed E-state index contributed by atoms with van der Waals surface area (Å²) in [4.78, 5) is 23.9. The molecule has 0 radical (unpaired) electrons. The van der Waals surface area contributed by atoms with E-state index < -0.39 is 0 Å². The molecule has 0 aliphatic rings. The number of pyridine rings is 1. The van der Waals surface area contributed by atoms with E-state index in [0.717, 1.165) is 5.56 Å². The Bertz CT molecular complexity index is 807. The summed E-state index contributed by atoms with van der Waals surface area (Å²) in [6.07, 6.45) is 6.38. The number of carbonyl (C=O) groups excluding carboxylic acids is 1. The number of benzene rings is 1. The molecule has 0 aliphatic heterocycles. The third-order valence-electron chi connectivity index (χ3n) is 3.06. The zero-order valence-electron chi connectivity index (χ0n) is 12.4. The SMILES string of the molecule is Cc1cc(NC(=O)c2ncccn2)ccc1Oc1cccnc1. The van der Waals surface area contributed by atoms with Gasteiger partial charge in [-0.1, -0.05) is 0 Å². The van der Waals surface area contributed by atoms with Crippen LogP contribution < -0.4 is 10.1 Å². The maximum atomic E-state index is 12.0. The van der Waals surface area contributed by atoms with Gasteiger partial charge in [0, 0.05) is 24.3 Å². The molecule has 2 aromatic heterocycles. The van der Waals surface area contributed by atoms with Crippen LogP contribution in [0.2, 0.25) is 0 Å². The molecule has 0 bridgehead atoms. The second-order valence-electron chi connectivity index (χ2n) is 4.80. The highest BCUT2D eigenvalue weighted by molar-refractivity contribution is 6.01. The molecule has 0 unspecified atom stereocenters. The Morgan fingerprint density at radius 2 is 1.91 bits per heavy atom. The number of aryl methyl sites for hydroxylation is 1. The van der Waals surface area contributed by atoms with Crippen molar-refractivity contribution < 1.29 is 9.53 Å². The Morgan fingerprint density at radius 1 is 1.09 bits per heavy atom. The second kappa shape index (κ2) is 6.65. The maximum absolute atomic E-state index is 12.0. The van der Waals surface area contributed by atoms with Crippen molar-refractivity contribution in [3.8, 4) is 11.5 Å². The van der Waals surface area contributed by atoms with E-state index in [1.54, 1.807) is 36.7 Å². The first-order chi connectivity index (χ1) is 11.2. The van der Waals surface area contributed by atoms with Crippen molar-refractivity contribution in [1.29, 1.82) is 0 Å². The molecule has 1 amide bonds. The average molecular weight is 306 g/mol. The molecule has 0 aliphatic carbocycles. The first kappa shape index (κ1) is 14.6. The number of hydrogen-bond donors (Lipinski definition) is 1. The number of nitrogens with one attached hydrogen (secondary N) is 1. The number of carbonyl (C=O) groups is 1. The summed E-state index contributed by atoms with van der Waals surface area (Å²) in [6.45, 7) is 1.90. The number of rotatable bonds is 4. The molecule has 3 rings (SSSR count). The second-order valence-corrected chi connectivity index (χ2v) is 4.80. The molecule has 0 fully saturated rings. The van der Waals surface area contributed by atoms with Crippen LogP contribution in [0.5, 0.6) is 11.5 Å². The molecule has 0 saturated heterocycles. The molecule has 6 nitrogen and oxygen atoms in total. The molecular formula is C17H14N4O2. The number of anilines is 1. The molecule has 0 atom stereocenters. The molecular weight excluding hydrogens is 292 g/mol. The van der Waals surface area contributed by atoms with E-state index in [9.17, 15) is 4.79 Å². The summed E-state index contributed by atoms with van der Waals surface area (Å²) in [6, 6.07) is 10.7. The fourth-order valence-corrected chi connectivity index (χ4v) is 1.98. The van der Waals surface area contributed by atoms with Gasteiger partial charge in [0.2, 0.25) is 5.82 Å². The van der Waals surface area contributed by atoms with Gasteiger partial charge in [0.15, 0.2) is 0 Å². The lowest BCUT2D eigenvalue weighted by atomic mass is 10.2. The molecule has 2 heterocycles. The van der Waals surface area contributed by atoms with Gasteiger partial charge in [-0.3, -0.25) is 9.78 Å². The topological polar surface area (TPSA) is 77.0 Å². The molecule has 1 aromatic carbocycles. The summed E-state index contributed by atoms with van der Waals surface area (Å²) in [5, 5.41) is 2.76. The van der Waals surface area contributed by atoms with Crippen molar-refractivity contribution in [2.75, 3.05) is 5.32 Å². The fourth-order valence-electron chi connectivity index (χ4n) is 1.98. The van der Waals surface area contributed by atoms with Gasteiger partial charge in [-0.15, -0.1) is 0 Å². The van der Waals surface area contributed by atoms with E-state index in [4.69, 9.17) is 4.74 Å². The van der Waals surface area contributed by atoms with E-state index in [0.29, 0.717) is 17.2 Å². The quantitative estimate of drug-likeness (QED) is 0.800. The third kappa shape index (κ3) is 3.68. The van der Waals surface area contributed by atoms with Crippen molar-refractivity contribution in [2.24, 2.45) is 0 Å². The Balaban J connectivity index is 1.73. The van der Waals surface area contributed by atoms with Crippen LogP contribution >= 0.6 is 0 Å². The van der Waals surface area contributed by atoms with Crippen molar-refractivity contribution >= 4 is 11.6 Å². The smallest absolute Gasteiger partial charge is 0.293 e. The molecule has 1 N–H and O–H groups in total. The van der Waals surface area contributed by atoms with Gasteiger partial charge < -0.3 is 10.1 Å². The van der Waals surface area contributed by atoms with Crippen molar-refractivity contribution in [2.45, 2.75) is 6.92 Å². The lowest BCUT2D eigenvalue weighted by Gasteiger charge is -2.10. The lowest BCUT2D eigenvalue weighted by molar-refractivity contribution is 0.101. The Labute approximate surface area is 133 Å². The third-order valence-corrected chi connectivity index (χ3v) is 3.06. The van der Waals surface area contributed by atoms with Crippen molar-refractivity contribution in [1.82, 2.24) is 15.0 Å². The van der Waals surface area contributed by atoms with Gasteiger partial charge in [0.25, 0.3) is 5.91 Å². The van der Waals surface area contributed by atoms with Crippen LogP contribution in [0.15, 0.2) is 61.2 Å². The predicted octanol–water partition coefficient (Wildman–Crippen LogP) is 3.22. The first-order valence-corrected chi connectivity index (χ1v) is 6.99. The van der Waals surface area contributed by atoms with E-state index >= 15 is 0 Å². The monoisotopic (exact) mass is 306 g/mol. The van der Waals surface area contributed by atoms with Gasteiger partial charge in [-0.2, -0.15) is 0 Å². The largest absolute Gasteiger partial charge is 0.455 e. The van der Waals surface area contributed by atoms with E-state index in [-0.39, 0.29) is 11.7 Å². The van der Waals surface area contributed by atoms with Gasteiger partial charge >= 0.3 is 0 Å². The highest BCUT2D eigenvalue weighted by atomic mass is 16.5. The molecule has 3 aromatic rings. The standard InChI is InChI=1S/C17H14N4O2/c1-12-10-13(21-17(22)16-19-8-3-9-20-16)5-6-15(12)23-14-4-2-7-18-11-14/h2-11H,1H3,(H,21,22). The minimum absolute atomic E-state index is 0.126. The van der Waals surface area contributed by atoms with Crippen LogP contribution in [0.1, 0.15) is 16.2 Å². The molecule has 23 heavy (non-hydrogen) atoms. The Morgan fingerprint density at radius 3 is 2.61 bits per heavy atom. The van der Waals surface area contributed by atoms with Crippen molar-refractivity contribution in [3.63, 3.8) is 0 Å². The number of aromatic nitrogens is 3. The highest BCUT2D eigenvalue weighted by Crippen LogP contribution is 2.26. The van der Waals surface area contributed by atoms with Gasteiger partial charge in [0.1, 0.15) is 11.5 Å². The van der Waals surface area contributed by atoms with Gasteiger partial charge in [-0.05, 0) is 48.9 Å². The lowest BCUT2D eigenvalue weighted by Crippen LogP contribution is -2.15. The van der Waals surface area contributed by atoms with E-state index in [2.05, 4.69) is 20.3 Å². The first-order valence-electron chi connectivity index (χ1n) is 6.99. The van der Waals surface area contributed by atoms with Crippen LogP contribution in [0.4, 0.5) is 5.69 Å². The molecule has 6 heteroatoms. The molecule has 0 spiro atoms. The van der Waals surface area contributed by atoms with Gasteiger partial charge in [-0.25, -0.2) is 9.97 Å². The fraction of sp³-hybridized carbons (Fsp3) is 0.0588. The Kier molecular flexibility index (Phi) is 4.24. The zero-order chi connectivity index (χ0) is 16.1. The van der Waals surface area contributed by atoms with E-state index in [1.807, 2.05) is 19.1 Å². The molecule has 114 valence electrons. The van der Waals surface area contributed by atoms with Crippen LogP contribution in [0.3, 0.4) is 0 Å². The minimum atomic E-state index is -0.356. The summed E-state index contributed by atoms with van der Waals surface area (Å²) < 4.78 is 5.75. The zero-order valence-corrected chi connectivity index (χ0v) is 12.4. The Hall–Kier alpha value is -3.28.